The van der Waals surface area contributed by atoms with Crippen LogP contribution in [0.4, 0.5) is 17.1 Å². The summed E-state index contributed by atoms with van der Waals surface area (Å²) in [5.41, 5.74) is 7.18. The first-order valence-corrected chi connectivity index (χ1v) is 30.8. The predicted molar refractivity (Wildman–Crippen MR) is 300 cm³/mol. The standard InChI is InChI=1S/C57H63N3O13S4/c1-8-43(61)18-17-34(3)74-75-57(4,5)56(64)58-42-21-35(30-72-50-26-40-28-53(77(68,69)71-7)49-25-38-14-10-12-16-47(38)60(49)54(62)44(40)19-33(50)2)20-36(22-42)31-73-52-27-39-23-41(32-76(65,66)67)48-24-37-13-9-11-15-46(37)59(48)55(63)45(39)29-51(52)70-6/h9-16,19-22,26-27,29,34,41,48-49,53H,8,17-18,23-25,28,30-32H2,1-7H3,(H,58,64)(H,65,66,67)/t34?,41?,48-,49-,53?/m0/s1. The number of methoxy groups -OCH3 is 1. The summed E-state index contributed by atoms with van der Waals surface area (Å²) in [5.74, 6) is -0.968. The number of fused-ring (bicyclic) bond motifs is 8. The number of carbonyl (C=O) groups is 4. The smallest absolute Gasteiger partial charge is 0.272 e. The summed E-state index contributed by atoms with van der Waals surface area (Å²) in [6.07, 6.45) is 2.57. The average Bonchev–Trinajstić information content (AvgIpc) is 4.01. The van der Waals surface area contributed by atoms with Gasteiger partial charge in [0.05, 0.1) is 30.8 Å². The van der Waals surface area contributed by atoms with Gasteiger partial charge in [-0.15, -0.1) is 0 Å². The molecule has 16 nitrogen and oxygen atoms in total. The van der Waals surface area contributed by atoms with Gasteiger partial charge in [0, 0.05) is 58.2 Å². The van der Waals surface area contributed by atoms with Crippen molar-refractivity contribution in [2.24, 2.45) is 5.92 Å². The van der Waals surface area contributed by atoms with Crippen molar-refractivity contribution in [1.82, 2.24) is 0 Å². The van der Waals surface area contributed by atoms with Crippen molar-refractivity contribution in [3.8, 4) is 17.2 Å². The first-order chi connectivity index (χ1) is 36.6. The van der Waals surface area contributed by atoms with Gasteiger partial charge in [-0.25, -0.2) is 0 Å². The molecule has 5 aromatic rings. The quantitative estimate of drug-likeness (QED) is 0.0422. The van der Waals surface area contributed by atoms with Crippen molar-refractivity contribution in [3.63, 3.8) is 0 Å². The van der Waals surface area contributed by atoms with Crippen LogP contribution in [0.15, 0.2) is 91.0 Å². The van der Waals surface area contributed by atoms with E-state index >= 15 is 0 Å². The number of amides is 3. The van der Waals surface area contributed by atoms with Crippen molar-refractivity contribution < 1.29 is 59.0 Å². The Morgan fingerprint density at radius 1 is 0.753 bits per heavy atom. The van der Waals surface area contributed by atoms with E-state index in [1.807, 2.05) is 89.2 Å². The maximum Gasteiger partial charge on any atom is 0.272 e. The van der Waals surface area contributed by atoms with Gasteiger partial charge in [0.2, 0.25) is 5.91 Å². The fourth-order valence-corrected chi connectivity index (χ4v) is 15.4. The van der Waals surface area contributed by atoms with Crippen LogP contribution in [0.25, 0.3) is 0 Å². The van der Waals surface area contributed by atoms with Gasteiger partial charge < -0.3 is 29.3 Å². The largest absolute Gasteiger partial charge is 0.493 e. The second kappa shape index (κ2) is 22.5. The highest BCUT2D eigenvalue weighted by Gasteiger charge is 2.48. The fraction of sp³-hybridized carbons (Fsp3) is 0.404. The number of Topliss-reactive ketones (excluding diaryl/α,β-unsaturated/α-hetero) is 1. The molecule has 0 bridgehead atoms. The summed E-state index contributed by atoms with van der Waals surface area (Å²) >= 11 is 0. The molecule has 0 aromatic heterocycles. The van der Waals surface area contributed by atoms with Crippen molar-refractivity contribution in [2.75, 3.05) is 35.1 Å². The first-order valence-electron chi connectivity index (χ1n) is 25.6. The van der Waals surface area contributed by atoms with Gasteiger partial charge in [0.1, 0.15) is 30.0 Å². The van der Waals surface area contributed by atoms with Gasteiger partial charge in [-0.1, -0.05) is 71.8 Å². The van der Waals surface area contributed by atoms with E-state index in [2.05, 4.69) is 5.32 Å². The zero-order valence-electron chi connectivity index (χ0n) is 44.0. The Bertz CT molecular complexity index is 3380. The Morgan fingerprint density at radius 3 is 1.94 bits per heavy atom. The molecule has 2 N–H and O–H groups in total. The predicted octanol–water partition coefficient (Wildman–Crippen LogP) is 9.51. The summed E-state index contributed by atoms with van der Waals surface area (Å²) < 4.78 is 85.3. The summed E-state index contributed by atoms with van der Waals surface area (Å²) in [4.78, 5) is 58.3. The van der Waals surface area contributed by atoms with E-state index in [9.17, 15) is 40.6 Å². The third kappa shape index (κ3) is 11.9. The first kappa shape index (κ1) is 55.8. The highest BCUT2D eigenvalue weighted by molar-refractivity contribution is 8.77. The van der Waals surface area contributed by atoms with Crippen LogP contribution in [0.3, 0.4) is 0 Å². The second-order valence-electron chi connectivity index (χ2n) is 20.7. The van der Waals surface area contributed by atoms with Gasteiger partial charge in [-0.3, -0.25) is 27.9 Å². The number of nitrogens with one attached hydrogen (secondary N) is 1. The van der Waals surface area contributed by atoms with Gasteiger partial charge in [-0.05, 0) is 146 Å². The zero-order valence-corrected chi connectivity index (χ0v) is 47.3. The lowest BCUT2D eigenvalue weighted by atomic mass is 9.91. The molecular formula is C57H63N3O13S4. The summed E-state index contributed by atoms with van der Waals surface area (Å²) in [6.45, 7) is 9.28. The Kier molecular flexibility index (Phi) is 16.3. The number of ketones is 1. The van der Waals surface area contributed by atoms with Crippen LogP contribution in [0, 0.1) is 12.8 Å². The number of hydrogen-bond donors (Lipinski definition) is 2. The third-order valence-electron chi connectivity index (χ3n) is 14.9. The minimum absolute atomic E-state index is 0.00206. The van der Waals surface area contributed by atoms with E-state index in [0.29, 0.717) is 93.9 Å². The van der Waals surface area contributed by atoms with Gasteiger partial charge in [0.25, 0.3) is 32.1 Å². The number of para-hydroxylation sites is 2. The van der Waals surface area contributed by atoms with Crippen LogP contribution < -0.4 is 29.3 Å². The maximum atomic E-state index is 14.5. The topological polar surface area (TPSA) is 212 Å². The second-order valence-corrected chi connectivity index (χ2v) is 27.4. The fourth-order valence-electron chi connectivity index (χ4n) is 10.8. The molecule has 4 aliphatic rings. The summed E-state index contributed by atoms with van der Waals surface area (Å²) in [5, 5.41) is 2.15. The van der Waals surface area contributed by atoms with E-state index in [-0.39, 0.29) is 66.3 Å². The molecule has 0 fully saturated rings. The molecular weight excluding hydrogens is 1060 g/mol. The Hall–Kier alpha value is -5.90. The van der Waals surface area contributed by atoms with E-state index in [0.717, 1.165) is 18.2 Å². The molecule has 3 amide bonds. The van der Waals surface area contributed by atoms with Crippen molar-refractivity contribution in [1.29, 1.82) is 0 Å². The molecule has 0 spiro atoms. The highest BCUT2D eigenvalue weighted by atomic mass is 33.1. The number of hydrogen-bond acceptors (Lipinski definition) is 14. The molecule has 9 rings (SSSR count). The molecule has 408 valence electrons. The van der Waals surface area contributed by atoms with Crippen LogP contribution in [0.5, 0.6) is 17.2 Å². The monoisotopic (exact) mass is 1130 g/mol. The number of ether oxygens (including phenoxy) is 3. The lowest BCUT2D eigenvalue weighted by Gasteiger charge is -2.28. The number of anilines is 3. The lowest BCUT2D eigenvalue weighted by molar-refractivity contribution is -0.119. The number of rotatable bonds is 20. The Labute approximate surface area is 458 Å². The van der Waals surface area contributed by atoms with Crippen LogP contribution in [-0.2, 0) is 72.9 Å². The van der Waals surface area contributed by atoms with Gasteiger partial charge >= 0.3 is 0 Å². The molecule has 0 aliphatic carbocycles. The molecule has 5 atom stereocenters. The SMILES string of the molecule is CCC(=O)CCC(C)SSC(C)(C)C(=O)Nc1cc(COc2cc3c(cc2C)C(=O)N2c4ccccc4C[C@H]2C(S(=O)(=O)OC)C3)cc(COc2cc3c(cc2OC)C(=O)N2c4ccccc4C[C@H]2C(CS(=O)(=O)O)C3)c1. The summed E-state index contributed by atoms with van der Waals surface area (Å²) in [6, 6.07) is 25.8. The molecule has 0 saturated heterocycles. The van der Waals surface area contributed by atoms with Crippen molar-refractivity contribution in [3.05, 3.63) is 141 Å². The number of aryl methyl sites for hydroxylation is 1. The van der Waals surface area contributed by atoms with E-state index in [1.165, 1.54) is 17.9 Å². The van der Waals surface area contributed by atoms with Crippen LogP contribution in [0.1, 0.15) is 107 Å². The van der Waals surface area contributed by atoms with E-state index in [1.54, 1.807) is 57.0 Å². The number of nitrogens with zero attached hydrogens (tertiary/aromatic N) is 2. The van der Waals surface area contributed by atoms with Gasteiger partial charge in [-0.2, -0.15) is 16.8 Å². The normalized spacial score (nSPS) is 19.2. The highest BCUT2D eigenvalue weighted by Crippen LogP contribution is 2.45. The molecule has 4 heterocycles. The Morgan fingerprint density at radius 2 is 1.32 bits per heavy atom. The molecule has 5 aromatic carbocycles. The lowest BCUT2D eigenvalue weighted by Crippen LogP contribution is -2.47. The molecule has 4 aliphatic heterocycles. The summed E-state index contributed by atoms with van der Waals surface area (Å²) in [7, 11) is -3.00. The van der Waals surface area contributed by atoms with Crippen LogP contribution in [0.2, 0.25) is 0 Å². The molecule has 77 heavy (non-hydrogen) atoms. The average molecular weight is 1130 g/mol. The van der Waals surface area contributed by atoms with E-state index in [4.69, 9.17) is 18.4 Å². The van der Waals surface area contributed by atoms with Gasteiger partial charge in [0.15, 0.2) is 11.5 Å². The molecule has 0 saturated carbocycles. The number of carbonyl (C=O) groups excluding carboxylic acids is 4. The van der Waals surface area contributed by atoms with Crippen molar-refractivity contribution in [2.45, 2.75) is 120 Å². The molecule has 3 unspecified atom stereocenters. The number of benzene rings is 5. The Balaban J connectivity index is 1.01. The minimum atomic E-state index is -4.44. The van der Waals surface area contributed by atoms with Crippen LogP contribution >= 0.6 is 21.6 Å². The minimum Gasteiger partial charge on any atom is -0.493 e. The third-order valence-corrected chi connectivity index (χ3v) is 21.2. The van der Waals surface area contributed by atoms with Crippen molar-refractivity contribution >= 4 is 82.4 Å². The molecule has 0 radical (unpaired) electrons. The zero-order chi connectivity index (χ0) is 55.1. The van der Waals surface area contributed by atoms with E-state index < -0.39 is 54.0 Å². The maximum absolute atomic E-state index is 14.5. The molecule has 20 heteroatoms. The van der Waals surface area contributed by atoms with Crippen LogP contribution in [-0.4, -0.2) is 92.2 Å².